The maximum absolute atomic E-state index is 12.4. The lowest BCUT2D eigenvalue weighted by Gasteiger charge is -2.10. The van der Waals surface area contributed by atoms with Gasteiger partial charge in [-0.2, -0.15) is 8.78 Å². The Morgan fingerprint density at radius 1 is 0.970 bits per heavy atom. The van der Waals surface area contributed by atoms with E-state index in [1.807, 2.05) is 18.2 Å². The Bertz CT molecular complexity index is 1120. The number of benzene rings is 3. The van der Waals surface area contributed by atoms with E-state index >= 15 is 0 Å². The average Bonchev–Trinajstić information content (AvgIpc) is 2.82. The van der Waals surface area contributed by atoms with Crippen LogP contribution in [0.25, 0.3) is 6.08 Å². The molecule has 0 saturated heterocycles. The summed E-state index contributed by atoms with van der Waals surface area (Å²) in [4.78, 5) is 24.3. The van der Waals surface area contributed by atoms with Crippen LogP contribution in [-0.4, -0.2) is 25.6 Å². The molecule has 0 aromatic heterocycles. The summed E-state index contributed by atoms with van der Waals surface area (Å²) >= 11 is 0. The lowest BCUT2D eigenvalue weighted by molar-refractivity contribution is -0.138. The third-order valence-corrected chi connectivity index (χ3v) is 4.44. The highest BCUT2D eigenvalue weighted by molar-refractivity contribution is 6.04. The molecule has 1 amide bonds. The minimum absolute atomic E-state index is 0.0221. The number of hydrogen-bond acceptors (Lipinski definition) is 5. The number of nitrogens with one attached hydrogen (secondary N) is 1. The number of carbonyl (C=O) groups excluding carboxylic acids is 2. The SMILES string of the molecule is COc1cc(/C=C/C(=O)OCc2ccc(C(=O)Nc3ccccc3)cc2)ccc1OC(F)F. The van der Waals surface area contributed by atoms with Crippen LogP contribution in [0.5, 0.6) is 11.5 Å². The number of hydrogen-bond donors (Lipinski definition) is 1. The molecule has 0 unspecified atom stereocenters. The predicted molar refractivity (Wildman–Crippen MR) is 119 cm³/mol. The third kappa shape index (κ3) is 7.17. The van der Waals surface area contributed by atoms with Crippen LogP contribution < -0.4 is 14.8 Å². The molecule has 170 valence electrons. The fraction of sp³-hybridized carbons (Fsp3) is 0.120. The first kappa shape index (κ1) is 23.5. The van der Waals surface area contributed by atoms with Gasteiger partial charge in [-0.1, -0.05) is 36.4 Å². The summed E-state index contributed by atoms with van der Waals surface area (Å²) in [6.45, 7) is -2.95. The van der Waals surface area contributed by atoms with Crippen molar-refractivity contribution in [2.45, 2.75) is 13.2 Å². The Kier molecular flexibility index (Phi) is 8.13. The molecule has 0 bridgehead atoms. The summed E-state index contributed by atoms with van der Waals surface area (Å²) in [6.07, 6.45) is 2.68. The molecule has 8 heteroatoms. The van der Waals surface area contributed by atoms with Crippen LogP contribution >= 0.6 is 0 Å². The molecule has 3 aromatic carbocycles. The van der Waals surface area contributed by atoms with Gasteiger partial charge in [-0.3, -0.25) is 4.79 Å². The fourth-order valence-corrected chi connectivity index (χ4v) is 2.83. The van der Waals surface area contributed by atoms with Crippen molar-refractivity contribution in [2.24, 2.45) is 0 Å². The smallest absolute Gasteiger partial charge is 0.387 e. The van der Waals surface area contributed by atoms with Crippen LogP contribution in [0.15, 0.2) is 78.9 Å². The van der Waals surface area contributed by atoms with E-state index in [0.29, 0.717) is 22.4 Å². The van der Waals surface area contributed by atoms with E-state index in [0.717, 1.165) is 0 Å². The molecule has 33 heavy (non-hydrogen) atoms. The van der Waals surface area contributed by atoms with Crippen LogP contribution in [0.4, 0.5) is 14.5 Å². The van der Waals surface area contributed by atoms with Crippen molar-refractivity contribution in [3.05, 3.63) is 95.6 Å². The zero-order chi connectivity index (χ0) is 23.6. The maximum Gasteiger partial charge on any atom is 0.387 e. The van der Waals surface area contributed by atoms with Crippen molar-refractivity contribution in [3.63, 3.8) is 0 Å². The molecule has 0 aliphatic heterocycles. The molecule has 0 aliphatic carbocycles. The Morgan fingerprint density at radius 2 is 1.70 bits per heavy atom. The second-order valence-electron chi connectivity index (χ2n) is 6.75. The first-order valence-electron chi connectivity index (χ1n) is 9.87. The zero-order valence-corrected chi connectivity index (χ0v) is 17.7. The highest BCUT2D eigenvalue weighted by Gasteiger charge is 2.11. The van der Waals surface area contributed by atoms with Gasteiger partial charge in [0.25, 0.3) is 5.91 Å². The number of amides is 1. The van der Waals surface area contributed by atoms with Crippen molar-refractivity contribution in [2.75, 3.05) is 12.4 Å². The normalized spacial score (nSPS) is 10.8. The number of rotatable bonds is 9. The number of para-hydroxylation sites is 1. The molecule has 3 rings (SSSR count). The van der Waals surface area contributed by atoms with Crippen molar-refractivity contribution in [1.29, 1.82) is 0 Å². The van der Waals surface area contributed by atoms with E-state index in [4.69, 9.17) is 9.47 Å². The number of ether oxygens (including phenoxy) is 3. The third-order valence-electron chi connectivity index (χ3n) is 4.44. The van der Waals surface area contributed by atoms with Gasteiger partial charge >= 0.3 is 12.6 Å². The van der Waals surface area contributed by atoms with Crippen LogP contribution in [0.2, 0.25) is 0 Å². The Hall–Kier alpha value is -4.20. The first-order valence-corrected chi connectivity index (χ1v) is 9.87. The first-order chi connectivity index (χ1) is 15.9. The summed E-state index contributed by atoms with van der Waals surface area (Å²) < 4.78 is 39.4. The van der Waals surface area contributed by atoms with E-state index in [1.54, 1.807) is 36.4 Å². The second-order valence-corrected chi connectivity index (χ2v) is 6.75. The van der Waals surface area contributed by atoms with Crippen LogP contribution in [0.1, 0.15) is 21.5 Å². The molecule has 0 atom stereocenters. The molecule has 0 radical (unpaired) electrons. The molecule has 0 aliphatic rings. The minimum Gasteiger partial charge on any atom is -0.493 e. The monoisotopic (exact) mass is 453 g/mol. The standard InChI is InChI=1S/C25H21F2NO5/c1-31-22-15-17(9-13-21(22)33-25(26)27)10-14-23(29)32-16-18-7-11-19(12-8-18)24(30)28-20-5-3-2-4-6-20/h2-15,25H,16H2,1H3,(H,28,30)/b14-10+. The van der Waals surface area contributed by atoms with Crippen LogP contribution in [-0.2, 0) is 16.1 Å². The lowest BCUT2D eigenvalue weighted by atomic mass is 10.1. The summed E-state index contributed by atoms with van der Waals surface area (Å²) in [6, 6.07) is 20.1. The molecular weight excluding hydrogens is 432 g/mol. The second kappa shape index (κ2) is 11.4. The Balaban J connectivity index is 1.52. The quantitative estimate of drug-likeness (QED) is 0.351. The fourth-order valence-electron chi connectivity index (χ4n) is 2.83. The van der Waals surface area contributed by atoms with E-state index in [9.17, 15) is 18.4 Å². The lowest BCUT2D eigenvalue weighted by Crippen LogP contribution is -2.11. The Labute approximate surface area is 189 Å². The molecule has 0 spiro atoms. The van der Waals surface area contributed by atoms with Gasteiger partial charge in [0.05, 0.1) is 7.11 Å². The maximum atomic E-state index is 12.4. The Morgan fingerprint density at radius 3 is 2.36 bits per heavy atom. The summed E-state index contributed by atoms with van der Waals surface area (Å²) in [5.41, 5.74) is 2.42. The number of alkyl halides is 2. The number of halogens is 2. The molecule has 0 fully saturated rings. The predicted octanol–water partition coefficient (Wildman–Crippen LogP) is 5.31. The van der Waals surface area contributed by atoms with Crippen molar-refractivity contribution >= 4 is 23.6 Å². The van der Waals surface area contributed by atoms with E-state index in [1.165, 1.54) is 37.5 Å². The molecular formula is C25H21F2NO5. The van der Waals surface area contributed by atoms with E-state index in [2.05, 4.69) is 10.1 Å². The zero-order valence-electron chi connectivity index (χ0n) is 17.7. The van der Waals surface area contributed by atoms with Gasteiger partial charge < -0.3 is 19.5 Å². The summed E-state index contributed by atoms with van der Waals surface area (Å²) in [5, 5.41) is 2.79. The summed E-state index contributed by atoms with van der Waals surface area (Å²) in [5.74, 6) is -0.823. The van der Waals surface area contributed by atoms with Gasteiger partial charge in [0.1, 0.15) is 6.61 Å². The van der Waals surface area contributed by atoms with Crippen molar-refractivity contribution in [3.8, 4) is 11.5 Å². The van der Waals surface area contributed by atoms with E-state index < -0.39 is 12.6 Å². The van der Waals surface area contributed by atoms with Gasteiger partial charge in [0.2, 0.25) is 0 Å². The topological polar surface area (TPSA) is 73.9 Å². The number of methoxy groups -OCH3 is 1. The van der Waals surface area contributed by atoms with Gasteiger partial charge in [0, 0.05) is 17.3 Å². The minimum atomic E-state index is -2.97. The van der Waals surface area contributed by atoms with Crippen LogP contribution in [0, 0.1) is 0 Å². The number of anilines is 1. The molecule has 1 N–H and O–H groups in total. The van der Waals surface area contributed by atoms with Gasteiger partial charge in [0.15, 0.2) is 11.5 Å². The van der Waals surface area contributed by atoms with Gasteiger partial charge in [-0.25, -0.2) is 4.79 Å². The number of esters is 1. The molecule has 0 heterocycles. The van der Waals surface area contributed by atoms with E-state index in [-0.39, 0.29) is 24.0 Å². The highest BCUT2D eigenvalue weighted by Crippen LogP contribution is 2.29. The van der Waals surface area contributed by atoms with Gasteiger partial charge in [-0.05, 0) is 53.6 Å². The highest BCUT2D eigenvalue weighted by atomic mass is 19.3. The summed E-state index contributed by atoms with van der Waals surface area (Å²) in [7, 11) is 1.33. The van der Waals surface area contributed by atoms with Crippen molar-refractivity contribution < 1.29 is 32.6 Å². The number of carbonyl (C=O) groups is 2. The van der Waals surface area contributed by atoms with Gasteiger partial charge in [-0.15, -0.1) is 0 Å². The molecule has 3 aromatic rings. The average molecular weight is 453 g/mol. The largest absolute Gasteiger partial charge is 0.493 e. The molecule has 0 saturated carbocycles. The van der Waals surface area contributed by atoms with Crippen LogP contribution in [0.3, 0.4) is 0 Å². The molecule has 6 nitrogen and oxygen atoms in total. The van der Waals surface area contributed by atoms with Crippen molar-refractivity contribution in [1.82, 2.24) is 0 Å².